The van der Waals surface area contributed by atoms with Gasteiger partial charge in [-0.3, -0.25) is 4.90 Å². The standard InChI is InChI=1S/C11H19NO/c1-4-5-6-10(2)12-8-7-11(3,13)9-12/h10,13H,4,7-9H2,1-3H3. The van der Waals surface area contributed by atoms with Crippen LogP contribution in [0.25, 0.3) is 0 Å². The molecule has 1 rings (SSSR count). The van der Waals surface area contributed by atoms with Crippen LogP contribution in [0.15, 0.2) is 0 Å². The maximum absolute atomic E-state index is 9.75. The van der Waals surface area contributed by atoms with E-state index in [0.29, 0.717) is 0 Å². The Hall–Kier alpha value is -0.520. The van der Waals surface area contributed by atoms with Crippen LogP contribution in [0.5, 0.6) is 0 Å². The molecule has 0 spiro atoms. The predicted octanol–water partition coefficient (Wildman–Crippen LogP) is 1.25. The van der Waals surface area contributed by atoms with E-state index < -0.39 is 5.60 Å². The monoisotopic (exact) mass is 181 g/mol. The molecular formula is C11H19NO. The van der Waals surface area contributed by atoms with E-state index in [0.717, 1.165) is 25.9 Å². The Balaban J connectivity index is 2.46. The summed E-state index contributed by atoms with van der Waals surface area (Å²) in [6, 6.07) is 0.286. The van der Waals surface area contributed by atoms with E-state index in [1.54, 1.807) is 0 Å². The molecule has 1 N–H and O–H groups in total. The Labute approximate surface area is 80.9 Å². The summed E-state index contributed by atoms with van der Waals surface area (Å²) < 4.78 is 0. The second kappa shape index (κ2) is 4.13. The lowest BCUT2D eigenvalue weighted by Crippen LogP contribution is -2.34. The van der Waals surface area contributed by atoms with Crippen LogP contribution >= 0.6 is 0 Å². The van der Waals surface area contributed by atoms with Crippen molar-refractivity contribution in [2.24, 2.45) is 0 Å². The predicted molar refractivity (Wildman–Crippen MR) is 54.3 cm³/mol. The third-order valence-corrected chi connectivity index (χ3v) is 2.52. The molecule has 1 heterocycles. The van der Waals surface area contributed by atoms with Crippen LogP contribution in [0.1, 0.15) is 33.6 Å². The second-order valence-electron chi connectivity index (χ2n) is 4.07. The molecule has 0 aromatic heterocycles. The van der Waals surface area contributed by atoms with E-state index >= 15 is 0 Å². The third kappa shape index (κ3) is 3.02. The van der Waals surface area contributed by atoms with Crippen LogP contribution in [0.4, 0.5) is 0 Å². The zero-order valence-electron chi connectivity index (χ0n) is 8.80. The van der Waals surface area contributed by atoms with Gasteiger partial charge in [0.2, 0.25) is 0 Å². The summed E-state index contributed by atoms with van der Waals surface area (Å²) in [6.45, 7) is 7.77. The molecule has 1 aliphatic rings. The molecule has 2 heteroatoms. The van der Waals surface area contributed by atoms with E-state index in [-0.39, 0.29) is 6.04 Å². The molecule has 1 aliphatic heterocycles. The molecule has 0 amide bonds. The fraction of sp³-hybridized carbons (Fsp3) is 0.818. The first-order chi connectivity index (χ1) is 6.05. The summed E-state index contributed by atoms with van der Waals surface area (Å²) in [5, 5.41) is 9.75. The van der Waals surface area contributed by atoms with Gasteiger partial charge in [0.05, 0.1) is 11.6 Å². The Morgan fingerprint density at radius 3 is 2.77 bits per heavy atom. The number of hydrogen-bond donors (Lipinski definition) is 1. The molecule has 1 fully saturated rings. The van der Waals surface area contributed by atoms with Crippen molar-refractivity contribution in [2.75, 3.05) is 13.1 Å². The average Bonchev–Trinajstić information content (AvgIpc) is 2.42. The van der Waals surface area contributed by atoms with Gasteiger partial charge in [-0.15, -0.1) is 5.92 Å². The van der Waals surface area contributed by atoms with Crippen LogP contribution in [-0.2, 0) is 0 Å². The summed E-state index contributed by atoms with van der Waals surface area (Å²) >= 11 is 0. The summed E-state index contributed by atoms with van der Waals surface area (Å²) in [4.78, 5) is 2.24. The molecule has 0 aromatic carbocycles. The second-order valence-corrected chi connectivity index (χ2v) is 4.07. The van der Waals surface area contributed by atoms with Gasteiger partial charge in [-0.05, 0) is 20.3 Å². The van der Waals surface area contributed by atoms with Crippen molar-refractivity contribution in [3.8, 4) is 11.8 Å². The van der Waals surface area contributed by atoms with Crippen molar-refractivity contribution in [3.63, 3.8) is 0 Å². The molecule has 2 unspecified atom stereocenters. The van der Waals surface area contributed by atoms with Crippen molar-refractivity contribution < 1.29 is 5.11 Å². The molecule has 2 nitrogen and oxygen atoms in total. The van der Waals surface area contributed by atoms with Crippen LogP contribution in [0.3, 0.4) is 0 Å². The number of aliphatic hydroxyl groups is 1. The number of hydrogen-bond acceptors (Lipinski definition) is 2. The molecule has 0 bridgehead atoms. The average molecular weight is 181 g/mol. The SMILES string of the molecule is CCC#CC(C)N1CCC(C)(O)C1. The molecule has 0 aromatic rings. The van der Waals surface area contributed by atoms with Gasteiger partial charge in [0, 0.05) is 19.5 Å². The maximum Gasteiger partial charge on any atom is 0.0758 e. The van der Waals surface area contributed by atoms with E-state index in [4.69, 9.17) is 0 Å². The van der Waals surface area contributed by atoms with Crippen LogP contribution < -0.4 is 0 Å². The zero-order valence-corrected chi connectivity index (χ0v) is 8.80. The highest BCUT2D eigenvalue weighted by molar-refractivity contribution is 5.08. The smallest absolute Gasteiger partial charge is 0.0758 e. The highest BCUT2D eigenvalue weighted by Gasteiger charge is 2.32. The number of β-amino-alcohol motifs (C(OH)–C–C–N with tert-alkyl or cyclic N) is 1. The topological polar surface area (TPSA) is 23.5 Å². The maximum atomic E-state index is 9.75. The minimum atomic E-state index is -0.498. The van der Waals surface area contributed by atoms with Gasteiger partial charge < -0.3 is 5.11 Å². The van der Waals surface area contributed by atoms with Crippen LogP contribution in [0.2, 0.25) is 0 Å². The number of nitrogens with zero attached hydrogens (tertiary/aromatic N) is 1. The molecule has 13 heavy (non-hydrogen) atoms. The minimum Gasteiger partial charge on any atom is -0.389 e. The van der Waals surface area contributed by atoms with Crippen molar-refractivity contribution in [3.05, 3.63) is 0 Å². The molecule has 1 saturated heterocycles. The molecule has 0 aliphatic carbocycles. The van der Waals surface area contributed by atoms with Gasteiger partial charge in [-0.2, -0.15) is 0 Å². The largest absolute Gasteiger partial charge is 0.389 e. The lowest BCUT2D eigenvalue weighted by atomic mass is 10.1. The first-order valence-corrected chi connectivity index (χ1v) is 5.00. The molecular weight excluding hydrogens is 162 g/mol. The normalized spacial score (nSPS) is 31.1. The number of rotatable bonds is 1. The van der Waals surface area contributed by atoms with Crippen LogP contribution in [-0.4, -0.2) is 34.7 Å². The van der Waals surface area contributed by atoms with Gasteiger partial charge in [0.15, 0.2) is 0 Å². The highest BCUT2D eigenvalue weighted by atomic mass is 16.3. The quantitative estimate of drug-likeness (QED) is 0.615. The lowest BCUT2D eigenvalue weighted by Gasteiger charge is -2.21. The summed E-state index contributed by atoms with van der Waals surface area (Å²) in [6.07, 6.45) is 1.78. The van der Waals surface area contributed by atoms with Gasteiger partial charge in [-0.1, -0.05) is 12.8 Å². The Morgan fingerprint density at radius 1 is 1.62 bits per heavy atom. The number of likely N-dealkylation sites (tertiary alicyclic amines) is 1. The van der Waals surface area contributed by atoms with Crippen molar-refractivity contribution in [1.29, 1.82) is 0 Å². The van der Waals surface area contributed by atoms with Gasteiger partial charge in [-0.25, -0.2) is 0 Å². The van der Waals surface area contributed by atoms with Crippen molar-refractivity contribution in [2.45, 2.75) is 45.3 Å². The fourth-order valence-corrected chi connectivity index (χ4v) is 1.65. The van der Waals surface area contributed by atoms with Crippen molar-refractivity contribution >= 4 is 0 Å². The summed E-state index contributed by atoms with van der Waals surface area (Å²) in [7, 11) is 0. The zero-order chi connectivity index (χ0) is 9.90. The molecule has 0 radical (unpaired) electrons. The minimum absolute atomic E-state index is 0.286. The highest BCUT2D eigenvalue weighted by Crippen LogP contribution is 2.21. The third-order valence-electron chi connectivity index (χ3n) is 2.52. The van der Waals surface area contributed by atoms with Gasteiger partial charge >= 0.3 is 0 Å². The van der Waals surface area contributed by atoms with Crippen LogP contribution in [0, 0.1) is 11.8 Å². The Bertz CT molecular complexity index is 224. The summed E-state index contributed by atoms with van der Waals surface area (Å²) in [5.74, 6) is 6.26. The van der Waals surface area contributed by atoms with Gasteiger partial charge in [0.1, 0.15) is 0 Å². The first-order valence-electron chi connectivity index (χ1n) is 5.00. The molecule has 0 saturated carbocycles. The van der Waals surface area contributed by atoms with E-state index in [2.05, 4.69) is 30.6 Å². The molecule has 2 atom stereocenters. The first kappa shape index (κ1) is 10.6. The summed E-state index contributed by atoms with van der Waals surface area (Å²) in [5.41, 5.74) is -0.498. The van der Waals surface area contributed by atoms with E-state index in [1.165, 1.54) is 0 Å². The van der Waals surface area contributed by atoms with E-state index in [9.17, 15) is 5.11 Å². The van der Waals surface area contributed by atoms with Gasteiger partial charge in [0.25, 0.3) is 0 Å². The lowest BCUT2D eigenvalue weighted by molar-refractivity contribution is 0.0667. The van der Waals surface area contributed by atoms with Crippen molar-refractivity contribution in [1.82, 2.24) is 4.90 Å². The Morgan fingerprint density at radius 2 is 2.31 bits per heavy atom. The van der Waals surface area contributed by atoms with E-state index in [1.807, 2.05) is 6.92 Å². The fourth-order valence-electron chi connectivity index (χ4n) is 1.65. The molecule has 74 valence electrons. The Kier molecular flexibility index (Phi) is 3.35.